The van der Waals surface area contributed by atoms with Gasteiger partial charge in [-0.25, -0.2) is 9.78 Å². The molecule has 0 spiro atoms. The molecule has 3 N–H and O–H groups in total. The highest BCUT2D eigenvalue weighted by molar-refractivity contribution is 8.00. The highest BCUT2D eigenvalue weighted by Gasteiger charge is 2.19. The lowest BCUT2D eigenvalue weighted by atomic mass is 10.3. The number of thiophene rings is 1. The average Bonchev–Trinajstić information content (AvgIpc) is 3.26. The lowest BCUT2D eigenvalue weighted by Crippen LogP contribution is -2.38. The van der Waals surface area contributed by atoms with Crippen LogP contribution in [0.25, 0.3) is 10.7 Å². The van der Waals surface area contributed by atoms with E-state index in [2.05, 4.69) is 25.8 Å². The van der Waals surface area contributed by atoms with Crippen LogP contribution < -0.4 is 10.6 Å². The van der Waals surface area contributed by atoms with Gasteiger partial charge >= 0.3 is 6.03 Å². The molecule has 3 amide bonds. The molecule has 2 aromatic heterocycles. The number of para-hydroxylation sites is 1. The lowest BCUT2D eigenvalue weighted by Gasteiger charge is -2.10. The first-order chi connectivity index (χ1) is 12.1. The van der Waals surface area contributed by atoms with Crippen LogP contribution in [-0.2, 0) is 4.79 Å². The van der Waals surface area contributed by atoms with Gasteiger partial charge in [-0.15, -0.1) is 16.4 Å². The van der Waals surface area contributed by atoms with Crippen LogP contribution in [0, 0.1) is 0 Å². The van der Waals surface area contributed by atoms with Crippen molar-refractivity contribution >= 4 is 40.7 Å². The number of rotatable bonds is 5. The minimum atomic E-state index is -0.571. The third-order valence-corrected chi connectivity index (χ3v) is 4.98. The van der Waals surface area contributed by atoms with Gasteiger partial charge in [-0.2, -0.15) is 0 Å². The number of amides is 3. The highest BCUT2D eigenvalue weighted by atomic mass is 32.2. The van der Waals surface area contributed by atoms with Crippen molar-refractivity contribution in [2.45, 2.75) is 17.3 Å². The van der Waals surface area contributed by atoms with Crippen molar-refractivity contribution in [2.24, 2.45) is 0 Å². The first-order valence-corrected chi connectivity index (χ1v) is 9.17. The Morgan fingerprint density at radius 2 is 2.00 bits per heavy atom. The second-order valence-electron chi connectivity index (χ2n) is 5.01. The number of aromatic nitrogens is 3. The molecule has 0 aliphatic heterocycles. The second-order valence-corrected chi connectivity index (χ2v) is 7.27. The average molecular weight is 373 g/mol. The first kappa shape index (κ1) is 17.2. The Kier molecular flexibility index (Phi) is 5.46. The number of H-pyrrole nitrogens is 1. The molecular formula is C16H15N5O2S2. The van der Waals surface area contributed by atoms with Crippen LogP contribution in [0.1, 0.15) is 6.92 Å². The second kappa shape index (κ2) is 7.95. The summed E-state index contributed by atoms with van der Waals surface area (Å²) in [5, 5.41) is 13.7. The molecule has 0 bridgehead atoms. The van der Waals surface area contributed by atoms with E-state index >= 15 is 0 Å². The molecule has 1 unspecified atom stereocenters. The number of carbonyl (C=O) groups excluding carboxylic acids is 2. The van der Waals surface area contributed by atoms with Gasteiger partial charge in [0.15, 0.2) is 5.82 Å². The maximum Gasteiger partial charge on any atom is 0.325 e. The maximum atomic E-state index is 12.1. The van der Waals surface area contributed by atoms with Gasteiger partial charge in [0.1, 0.15) is 0 Å². The zero-order valence-corrected chi connectivity index (χ0v) is 14.9. The van der Waals surface area contributed by atoms with Crippen LogP contribution in [0.5, 0.6) is 0 Å². The first-order valence-electron chi connectivity index (χ1n) is 7.41. The van der Waals surface area contributed by atoms with E-state index in [0.717, 1.165) is 4.88 Å². The molecule has 0 saturated carbocycles. The molecule has 0 radical (unpaired) electrons. The standard InChI is InChI=1S/C16H15N5O2S2/c1-10(14(22)19-15(23)17-11-6-3-2-4-7-11)25-16-18-13(20-21-16)12-8-5-9-24-12/h2-10H,1H3,(H,18,20,21)(H2,17,19,22,23). The number of nitrogens with zero attached hydrogens (tertiary/aromatic N) is 2. The summed E-state index contributed by atoms with van der Waals surface area (Å²) < 4.78 is 0. The van der Waals surface area contributed by atoms with Crippen molar-refractivity contribution in [3.05, 3.63) is 47.8 Å². The third-order valence-electron chi connectivity index (χ3n) is 3.14. The fourth-order valence-corrected chi connectivity index (χ4v) is 3.32. The van der Waals surface area contributed by atoms with Gasteiger partial charge in [0, 0.05) is 5.69 Å². The van der Waals surface area contributed by atoms with Crippen LogP contribution in [0.15, 0.2) is 53.0 Å². The fourth-order valence-electron chi connectivity index (χ4n) is 1.93. The summed E-state index contributed by atoms with van der Waals surface area (Å²) in [6.45, 7) is 1.69. The van der Waals surface area contributed by atoms with Gasteiger partial charge in [0.05, 0.1) is 10.1 Å². The molecule has 2 heterocycles. The summed E-state index contributed by atoms with van der Waals surface area (Å²) >= 11 is 2.73. The van der Waals surface area contributed by atoms with E-state index in [1.807, 2.05) is 23.6 Å². The molecule has 1 aromatic carbocycles. The molecule has 7 nitrogen and oxygen atoms in total. The summed E-state index contributed by atoms with van der Waals surface area (Å²) in [6.07, 6.45) is 0. The Morgan fingerprint density at radius 3 is 2.72 bits per heavy atom. The topological polar surface area (TPSA) is 99.8 Å². The van der Waals surface area contributed by atoms with E-state index in [4.69, 9.17) is 0 Å². The Balaban J connectivity index is 1.53. The molecule has 25 heavy (non-hydrogen) atoms. The molecule has 3 rings (SSSR count). The molecule has 128 valence electrons. The van der Waals surface area contributed by atoms with E-state index in [9.17, 15) is 9.59 Å². The van der Waals surface area contributed by atoms with Crippen LogP contribution in [0.2, 0.25) is 0 Å². The van der Waals surface area contributed by atoms with E-state index in [1.54, 1.807) is 42.5 Å². The summed E-state index contributed by atoms with van der Waals surface area (Å²) in [5.74, 6) is 0.243. The van der Waals surface area contributed by atoms with Gasteiger partial charge in [-0.3, -0.25) is 15.2 Å². The van der Waals surface area contributed by atoms with Gasteiger partial charge in [-0.1, -0.05) is 36.0 Å². The van der Waals surface area contributed by atoms with E-state index in [0.29, 0.717) is 16.7 Å². The summed E-state index contributed by atoms with van der Waals surface area (Å²) in [4.78, 5) is 29.3. The van der Waals surface area contributed by atoms with Gasteiger partial charge in [0.25, 0.3) is 0 Å². The van der Waals surface area contributed by atoms with Crippen molar-refractivity contribution in [2.75, 3.05) is 5.32 Å². The van der Waals surface area contributed by atoms with Crippen molar-refractivity contribution in [1.82, 2.24) is 20.5 Å². The normalized spacial score (nSPS) is 11.7. The number of thioether (sulfide) groups is 1. The smallest absolute Gasteiger partial charge is 0.308 e. The fraction of sp³-hybridized carbons (Fsp3) is 0.125. The summed E-state index contributed by atoms with van der Waals surface area (Å²) in [7, 11) is 0. The Morgan fingerprint density at radius 1 is 1.20 bits per heavy atom. The van der Waals surface area contributed by atoms with Crippen molar-refractivity contribution < 1.29 is 9.59 Å². The third kappa shape index (κ3) is 4.68. The minimum absolute atomic E-state index is 0.416. The van der Waals surface area contributed by atoms with E-state index in [1.165, 1.54) is 11.8 Å². The minimum Gasteiger partial charge on any atom is -0.308 e. The Bertz CT molecular complexity index is 849. The van der Waals surface area contributed by atoms with Crippen LogP contribution >= 0.6 is 23.1 Å². The monoisotopic (exact) mass is 373 g/mol. The number of benzene rings is 1. The summed E-state index contributed by atoms with van der Waals surface area (Å²) in [5.41, 5.74) is 0.614. The number of hydrogen-bond donors (Lipinski definition) is 3. The van der Waals surface area contributed by atoms with E-state index < -0.39 is 17.2 Å². The number of imide groups is 1. The number of aromatic amines is 1. The predicted molar refractivity (Wildman–Crippen MR) is 98.6 cm³/mol. The molecule has 0 fully saturated rings. The Hall–Kier alpha value is -2.65. The highest BCUT2D eigenvalue weighted by Crippen LogP contribution is 2.25. The number of urea groups is 1. The molecule has 1 atom stereocenters. The van der Waals surface area contributed by atoms with Crippen molar-refractivity contribution in [3.63, 3.8) is 0 Å². The molecule has 0 saturated heterocycles. The number of hydrogen-bond acceptors (Lipinski definition) is 6. The van der Waals surface area contributed by atoms with Crippen molar-refractivity contribution in [1.29, 1.82) is 0 Å². The lowest BCUT2D eigenvalue weighted by molar-refractivity contribution is -0.119. The number of anilines is 1. The maximum absolute atomic E-state index is 12.1. The SMILES string of the molecule is CC(Sc1n[nH]c(-c2cccs2)n1)C(=O)NC(=O)Nc1ccccc1. The summed E-state index contributed by atoms with van der Waals surface area (Å²) in [6, 6.07) is 12.2. The largest absolute Gasteiger partial charge is 0.325 e. The van der Waals surface area contributed by atoms with Crippen molar-refractivity contribution in [3.8, 4) is 10.7 Å². The number of carbonyl (C=O) groups is 2. The van der Waals surface area contributed by atoms with Crippen LogP contribution in [0.3, 0.4) is 0 Å². The molecular weight excluding hydrogens is 358 g/mol. The molecule has 9 heteroatoms. The zero-order chi connectivity index (χ0) is 17.6. The van der Waals surface area contributed by atoms with Gasteiger partial charge < -0.3 is 5.32 Å². The van der Waals surface area contributed by atoms with Crippen LogP contribution in [0.4, 0.5) is 10.5 Å². The van der Waals surface area contributed by atoms with Gasteiger partial charge in [0.2, 0.25) is 11.1 Å². The van der Waals surface area contributed by atoms with Gasteiger partial charge in [-0.05, 0) is 30.5 Å². The number of nitrogens with one attached hydrogen (secondary N) is 3. The Labute approximate surface area is 152 Å². The van der Waals surface area contributed by atoms with E-state index in [-0.39, 0.29) is 0 Å². The van der Waals surface area contributed by atoms with Crippen LogP contribution in [-0.4, -0.2) is 32.4 Å². The zero-order valence-electron chi connectivity index (χ0n) is 13.2. The molecule has 3 aromatic rings. The quantitative estimate of drug-likeness (QED) is 0.596. The predicted octanol–water partition coefficient (Wildman–Crippen LogP) is 3.36. The molecule has 0 aliphatic carbocycles. The molecule has 0 aliphatic rings.